The van der Waals surface area contributed by atoms with E-state index in [2.05, 4.69) is 16.4 Å². The molecule has 0 aliphatic rings. The molecule has 2 amide bonds. The molecule has 152 valence electrons. The van der Waals surface area contributed by atoms with E-state index in [1.54, 1.807) is 7.05 Å². The largest absolute Gasteiger partial charge is 0.361 e. The zero-order valence-corrected chi connectivity index (χ0v) is 17.6. The quantitative estimate of drug-likeness (QED) is 0.622. The topological polar surface area (TPSA) is 65.2 Å². The van der Waals surface area contributed by atoms with Gasteiger partial charge in [-0.3, -0.25) is 9.59 Å². The highest BCUT2D eigenvalue weighted by atomic mass is 16.2. The van der Waals surface area contributed by atoms with E-state index in [4.69, 9.17) is 0 Å². The molecule has 5 nitrogen and oxygen atoms in total. The van der Waals surface area contributed by atoms with Gasteiger partial charge >= 0.3 is 0 Å². The van der Waals surface area contributed by atoms with Crippen molar-refractivity contribution < 1.29 is 9.59 Å². The Morgan fingerprint density at radius 3 is 2.48 bits per heavy atom. The first-order chi connectivity index (χ1) is 13.8. The van der Waals surface area contributed by atoms with Crippen LogP contribution in [0.4, 0.5) is 5.69 Å². The van der Waals surface area contributed by atoms with Gasteiger partial charge < -0.3 is 15.2 Å². The number of aromatic nitrogens is 1. The third-order valence-corrected chi connectivity index (χ3v) is 5.26. The number of nitrogens with one attached hydrogen (secondary N) is 2. The number of para-hydroxylation sites is 1. The van der Waals surface area contributed by atoms with E-state index >= 15 is 0 Å². The first-order valence-electron chi connectivity index (χ1n) is 10.0. The number of fused-ring (bicyclic) bond motifs is 1. The Morgan fingerprint density at radius 2 is 1.76 bits per heavy atom. The number of aryl methyl sites for hydroxylation is 4. The predicted molar refractivity (Wildman–Crippen MR) is 118 cm³/mol. The average Bonchev–Trinajstić information content (AvgIpc) is 3.08. The van der Waals surface area contributed by atoms with E-state index in [1.807, 2.05) is 57.3 Å². The van der Waals surface area contributed by atoms with E-state index < -0.39 is 0 Å². The zero-order chi connectivity index (χ0) is 21.0. The molecule has 1 aromatic heterocycles. The molecule has 0 fully saturated rings. The maximum Gasteiger partial charge on any atom is 0.243 e. The van der Waals surface area contributed by atoms with E-state index in [9.17, 15) is 9.59 Å². The molecule has 3 aromatic rings. The Hall–Kier alpha value is -3.08. The molecule has 2 aromatic carbocycles. The van der Waals surface area contributed by atoms with Crippen LogP contribution in [0.5, 0.6) is 0 Å². The number of hydrogen-bond donors (Lipinski definition) is 2. The van der Waals surface area contributed by atoms with Crippen molar-refractivity contribution in [1.29, 1.82) is 0 Å². The van der Waals surface area contributed by atoms with Gasteiger partial charge in [0.15, 0.2) is 0 Å². The summed E-state index contributed by atoms with van der Waals surface area (Å²) in [5.41, 5.74) is 6.40. The molecule has 0 atom stereocenters. The highest BCUT2D eigenvalue weighted by molar-refractivity contribution is 5.95. The number of aromatic amines is 1. The zero-order valence-electron chi connectivity index (χ0n) is 17.6. The summed E-state index contributed by atoms with van der Waals surface area (Å²) in [4.78, 5) is 29.6. The molecule has 0 saturated carbocycles. The molecule has 1 heterocycles. The van der Waals surface area contributed by atoms with Gasteiger partial charge in [0.1, 0.15) is 0 Å². The third-order valence-electron chi connectivity index (χ3n) is 5.26. The lowest BCUT2D eigenvalue weighted by Gasteiger charge is -2.18. The summed E-state index contributed by atoms with van der Waals surface area (Å²) < 4.78 is 0. The van der Waals surface area contributed by atoms with E-state index in [1.165, 1.54) is 21.4 Å². The van der Waals surface area contributed by atoms with Crippen LogP contribution in [0.3, 0.4) is 0 Å². The smallest absolute Gasteiger partial charge is 0.243 e. The van der Waals surface area contributed by atoms with Crippen LogP contribution in [-0.2, 0) is 16.0 Å². The Morgan fingerprint density at radius 1 is 1.07 bits per heavy atom. The van der Waals surface area contributed by atoms with Crippen LogP contribution in [0.15, 0.2) is 42.6 Å². The van der Waals surface area contributed by atoms with Crippen molar-refractivity contribution in [2.75, 3.05) is 18.9 Å². The van der Waals surface area contributed by atoms with Crippen LogP contribution in [0, 0.1) is 20.8 Å². The SMILES string of the molecule is Cc1cc(C)c(NC(=O)CN(C)C(=O)CCCc2c[nH]c3ccccc23)c(C)c1. The first-order valence-corrected chi connectivity index (χ1v) is 10.0. The molecule has 5 heteroatoms. The molecule has 0 bridgehead atoms. The molecule has 2 N–H and O–H groups in total. The molecule has 0 saturated heterocycles. The minimum Gasteiger partial charge on any atom is -0.361 e. The Kier molecular flexibility index (Phi) is 6.37. The Bertz CT molecular complexity index is 1010. The van der Waals surface area contributed by atoms with E-state index in [0.29, 0.717) is 6.42 Å². The molecule has 0 aliphatic heterocycles. The number of amides is 2. The summed E-state index contributed by atoms with van der Waals surface area (Å²) in [6.07, 6.45) is 4.02. The number of carbonyl (C=O) groups is 2. The second kappa shape index (κ2) is 8.95. The summed E-state index contributed by atoms with van der Waals surface area (Å²) in [5, 5.41) is 4.16. The predicted octanol–water partition coefficient (Wildman–Crippen LogP) is 4.51. The van der Waals surface area contributed by atoms with Crippen LogP contribution in [-0.4, -0.2) is 35.3 Å². The van der Waals surface area contributed by atoms with Gasteiger partial charge in [0.2, 0.25) is 11.8 Å². The van der Waals surface area contributed by atoms with Crippen molar-refractivity contribution in [3.63, 3.8) is 0 Å². The molecule has 0 spiro atoms. The second-order valence-corrected chi connectivity index (χ2v) is 7.78. The van der Waals surface area contributed by atoms with Crippen molar-refractivity contribution in [2.24, 2.45) is 0 Å². The van der Waals surface area contributed by atoms with Crippen molar-refractivity contribution in [3.05, 3.63) is 64.8 Å². The molecule has 0 unspecified atom stereocenters. The van der Waals surface area contributed by atoms with Gasteiger partial charge in [-0.25, -0.2) is 0 Å². The second-order valence-electron chi connectivity index (χ2n) is 7.78. The van der Waals surface area contributed by atoms with Crippen LogP contribution >= 0.6 is 0 Å². The summed E-state index contributed by atoms with van der Waals surface area (Å²) in [6, 6.07) is 12.3. The van der Waals surface area contributed by atoms with Crippen molar-refractivity contribution in [3.8, 4) is 0 Å². The maximum atomic E-state index is 12.4. The number of H-pyrrole nitrogens is 1. The number of rotatable bonds is 7. The number of nitrogens with zero attached hydrogens (tertiary/aromatic N) is 1. The van der Waals surface area contributed by atoms with Gasteiger partial charge in [-0.2, -0.15) is 0 Å². The number of anilines is 1. The number of benzene rings is 2. The number of likely N-dealkylation sites (N-methyl/N-ethyl adjacent to an activating group) is 1. The molecular formula is C24H29N3O2. The van der Waals surface area contributed by atoms with Crippen molar-refractivity contribution >= 4 is 28.4 Å². The average molecular weight is 392 g/mol. The van der Waals surface area contributed by atoms with Gasteiger partial charge in [0.05, 0.1) is 6.54 Å². The van der Waals surface area contributed by atoms with Gasteiger partial charge in [0.25, 0.3) is 0 Å². The molecule has 3 rings (SSSR count). The number of carbonyl (C=O) groups excluding carboxylic acids is 2. The lowest BCUT2D eigenvalue weighted by Crippen LogP contribution is -2.35. The van der Waals surface area contributed by atoms with Gasteiger partial charge in [-0.15, -0.1) is 0 Å². The molecule has 0 radical (unpaired) electrons. The van der Waals surface area contributed by atoms with Gasteiger partial charge in [0, 0.05) is 36.3 Å². The summed E-state index contributed by atoms with van der Waals surface area (Å²) in [6.45, 7) is 6.05. The van der Waals surface area contributed by atoms with Crippen LogP contribution < -0.4 is 5.32 Å². The first kappa shape index (κ1) is 20.6. The minimum atomic E-state index is -0.174. The summed E-state index contributed by atoms with van der Waals surface area (Å²) in [5.74, 6) is -0.190. The highest BCUT2D eigenvalue weighted by Gasteiger charge is 2.15. The fraction of sp³-hybridized carbons (Fsp3) is 0.333. The van der Waals surface area contributed by atoms with Crippen molar-refractivity contribution in [2.45, 2.75) is 40.0 Å². The Balaban J connectivity index is 1.49. The lowest BCUT2D eigenvalue weighted by atomic mass is 10.1. The number of hydrogen-bond acceptors (Lipinski definition) is 2. The Labute approximate surface area is 172 Å². The van der Waals surface area contributed by atoms with Crippen LogP contribution in [0.2, 0.25) is 0 Å². The molecular weight excluding hydrogens is 362 g/mol. The molecule has 29 heavy (non-hydrogen) atoms. The van der Waals surface area contributed by atoms with Crippen LogP contribution in [0.25, 0.3) is 10.9 Å². The summed E-state index contributed by atoms with van der Waals surface area (Å²) in [7, 11) is 1.68. The van der Waals surface area contributed by atoms with E-state index in [0.717, 1.165) is 35.2 Å². The fourth-order valence-corrected chi connectivity index (χ4v) is 3.82. The van der Waals surface area contributed by atoms with Gasteiger partial charge in [-0.05, 0) is 56.4 Å². The highest BCUT2D eigenvalue weighted by Crippen LogP contribution is 2.22. The lowest BCUT2D eigenvalue weighted by molar-refractivity contribution is -0.133. The van der Waals surface area contributed by atoms with E-state index in [-0.39, 0.29) is 18.4 Å². The summed E-state index contributed by atoms with van der Waals surface area (Å²) >= 11 is 0. The van der Waals surface area contributed by atoms with Gasteiger partial charge in [-0.1, -0.05) is 35.9 Å². The normalized spacial score (nSPS) is 10.9. The van der Waals surface area contributed by atoms with Crippen molar-refractivity contribution in [1.82, 2.24) is 9.88 Å². The monoisotopic (exact) mass is 391 g/mol. The molecule has 0 aliphatic carbocycles. The van der Waals surface area contributed by atoms with Crippen LogP contribution in [0.1, 0.15) is 35.1 Å². The maximum absolute atomic E-state index is 12.4. The third kappa shape index (κ3) is 5.05. The standard InChI is InChI=1S/C24H29N3O2/c1-16-12-17(2)24(18(3)13-16)26-22(28)15-27(4)23(29)11-7-8-19-14-25-21-10-6-5-9-20(19)21/h5-6,9-10,12-14,25H,7-8,11,15H2,1-4H3,(H,26,28). The minimum absolute atomic E-state index is 0.0164. The fourth-order valence-electron chi connectivity index (χ4n) is 3.82.